The molecule has 5 aromatic rings. The Bertz CT molecular complexity index is 1610. The van der Waals surface area contributed by atoms with E-state index >= 15 is 0 Å². The van der Waals surface area contributed by atoms with E-state index in [1.807, 2.05) is 12.1 Å². The van der Waals surface area contributed by atoms with Gasteiger partial charge in [-0.05, 0) is 52.0 Å². The highest BCUT2D eigenvalue weighted by Gasteiger charge is 2.20. The maximum atomic E-state index is 12.7. The molecule has 3 N–H and O–H groups in total. The summed E-state index contributed by atoms with van der Waals surface area (Å²) in [4.78, 5) is 12.5. The van der Waals surface area contributed by atoms with Crippen LogP contribution < -0.4 is 10.2 Å². The van der Waals surface area contributed by atoms with Crippen molar-refractivity contribution >= 4 is 61.0 Å². The van der Waals surface area contributed by atoms with Crippen LogP contribution in [0.25, 0.3) is 32.3 Å². The zero-order chi connectivity index (χ0) is 22.6. The lowest BCUT2D eigenvalue weighted by molar-refractivity contribution is 0.0737. The van der Waals surface area contributed by atoms with Gasteiger partial charge in [-0.2, -0.15) is 8.42 Å². The molecule has 0 saturated heterocycles. The normalized spacial score (nSPS) is 12.0. The van der Waals surface area contributed by atoms with E-state index < -0.39 is 23.2 Å². The predicted octanol–water partition coefficient (Wildman–Crippen LogP) is 2.73. The molecule has 0 amide bonds. The molecule has 0 aliphatic heterocycles. The van der Waals surface area contributed by atoms with E-state index in [-0.39, 0.29) is 15.9 Å². The lowest BCUT2D eigenvalue weighted by Gasteiger charge is -2.15. The molecule has 32 heavy (non-hydrogen) atoms. The summed E-state index contributed by atoms with van der Waals surface area (Å²) >= 11 is 0. The van der Waals surface area contributed by atoms with E-state index in [1.165, 1.54) is 30.3 Å². The summed E-state index contributed by atoms with van der Waals surface area (Å²) in [6.45, 7) is 0. The molecule has 7 nitrogen and oxygen atoms in total. The van der Waals surface area contributed by atoms with Crippen molar-refractivity contribution in [2.24, 2.45) is 0 Å². The molecule has 5 aromatic carbocycles. The molecule has 0 spiro atoms. The molecule has 0 unspecified atom stereocenters. The maximum Gasteiger partial charge on any atom is 0.488 e. The number of rotatable bonds is 4. The number of ether oxygens (including phenoxy) is 1. The Balaban J connectivity index is 1.66. The van der Waals surface area contributed by atoms with Gasteiger partial charge < -0.3 is 14.8 Å². The summed E-state index contributed by atoms with van der Waals surface area (Å²) in [5.74, 6) is -0.335. The summed E-state index contributed by atoms with van der Waals surface area (Å²) in [5.41, 5.74) is 0.479. The van der Waals surface area contributed by atoms with Crippen LogP contribution in [0, 0.1) is 0 Å². The van der Waals surface area contributed by atoms with Crippen LogP contribution >= 0.6 is 0 Å². The molecule has 9 heteroatoms. The summed E-state index contributed by atoms with van der Waals surface area (Å²) in [6, 6.07) is 19.1. The molecule has 158 valence electrons. The third-order valence-electron chi connectivity index (χ3n) is 5.51. The molecule has 0 saturated carbocycles. The molecule has 0 atom stereocenters. The van der Waals surface area contributed by atoms with Crippen molar-refractivity contribution in [2.45, 2.75) is 4.90 Å². The fraction of sp³-hybridized carbons (Fsp3) is 0. The van der Waals surface area contributed by atoms with Crippen LogP contribution in [-0.2, 0) is 10.1 Å². The Morgan fingerprint density at radius 2 is 1.31 bits per heavy atom. The molecule has 5 rings (SSSR count). The largest absolute Gasteiger partial charge is 0.488 e. The third-order valence-corrected chi connectivity index (χ3v) is 6.42. The van der Waals surface area contributed by atoms with E-state index in [4.69, 9.17) is 4.74 Å². The maximum absolute atomic E-state index is 12.7. The Morgan fingerprint density at radius 3 is 1.94 bits per heavy atom. The minimum absolute atomic E-state index is 0.187. The zero-order valence-corrected chi connectivity index (χ0v) is 17.2. The van der Waals surface area contributed by atoms with Crippen LogP contribution in [0.5, 0.6) is 5.75 Å². The van der Waals surface area contributed by atoms with Crippen molar-refractivity contribution in [3.05, 3.63) is 78.4 Å². The first-order chi connectivity index (χ1) is 15.2. The van der Waals surface area contributed by atoms with E-state index in [0.29, 0.717) is 21.9 Å². The van der Waals surface area contributed by atoms with Gasteiger partial charge in [-0.25, -0.2) is 4.79 Å². The minimum Gasteiger partial charge on any atom is -0.423 e. The lowest BCUT2D eigenvalue weighted by Crippen LogP contribution is -2.29. The third kappa shape index (κ3) is 3.28. The van der Waals surface area contributed by atoms with Crippen LogP contribution in [0.4, 0.5) is 0 Å². The number of benzene rings is 5. The Kier molecular flexibility index (Phi) is 4.65. The van der Waals surface area contributed by atoms with Gasteiger partial charge in [0, 0.05) is 16.2 Å². The average molecular weight is 446 g/mol. The number of hydrogen-bond donors (Lipinski definition) is 3. The highest BCUT2D eigenvalue weighted by atomic mass is 32.2. The van der Waals surface area contributed by atoms with Crippen LogP contribution in [0.1, 0.15) is 10.4 Å². The highest BCUT2D eigenvalue weighted by molar-refractivity contribution is 7.86. The molecule has 0 radical (unpaired) electrons. The molecule has 0 fully saturated rings. The quantitative estimate of drug-likeness (QED) is 0.128. The summed E-state index contributed by atoms with van der Waals surface area (Å²) in [7, 11) is -6.06. The van der Waals surface area contributed by atoms with Gasteiger partial charge in [0.25, 0.3) is 10.1 Å². The Hall–Kier alpha value is -3.50. The molecule has 0 bridgehead atoms. The van der Waals surface area contributed by atoms with E-state index in [0.717, 1.165) is 16.2 Å². The van der Waals surface area contributed by atoms with Crippen molar-refractivity contribution in [3.8, 4) is 5.75 Å². The van der Waals surface area contributed by atoms with Gasteiger partial charge in [0.2, 0.25) is 0 Å². The van der Waals surface area contributed by atoms with Crippen LogP contribution in [-0.4, -0.2) is 36.1 Å². The molecule has 0 aliphatic rings. The van der Waals surface area contributed by atoms with Crippen molar-refractivity contribution in [1.29, 1.82) is 0 Å². The smallest absolute Gasteiger partial charge is 0.423 e. The number of carbonyl (C=O) groups excluding carboxylic acids is 1. The van der Waals surface area contributed by atoms with Crippen molar-refractivity contribution in [2.75, 3.05) is 0 Å². The van der Waals surface area contributed by atoms with Crippen molar-refractivity contribution in [3.63, 3.8) is 0 Å². The first kappa shape index (κ1) is 20.4. The Labute approximate surface area is 182 Å². The van der Waals surface area contributed by atoms with E-state index in [9.17, 15) is 27.8 Å². The highest BCUT2D eigenvalue weighted by Crippen LogP contribution is 2.40. The minimum atomic E-state index is -4.42. The van der Waals surface area contributed by atoms with Gasteiger partial charge >= 0.3 is 13.1 Å². The number of hydrogen-bond acceptors (Lipinski definition) is 6. The SMILES string of the molecule is O=C(Oc1ccc2ccc3ccc(S(=O)(=O)O)c4ccc1c2c34)c1ccc(B(O)O)cc1. The Morgan fingerprint density at radius 1 is 0.750 bits per heavy atom. The average Bonchev–Trinajstić information content (AvgIpc) is 2.77. The van der Waals surface area contributed by atoms with Gasteiger partial charge in [0.05, 0.1) is 5.56 Å². The summed E-state index contributed by atoms with van der Waals surface area (Å²) < 4.78 is 39.0. The van der Waals surface area contributed by atoms with Gasteiger partial charge in [-0.3, -0.25) is 4.55 Å². The molecule has 0 heterocycles. The predicted molar refractivity (Wildman–Crippen MR) is 121 cm³/mol. The van der Waals surface area contributed by atoms with Crippen LogP contribution in [0.2, 0.25) is 0 Å². The second kappa shape index (κ2) is 7.28. The van der Waals surface area contributed by atoms with Gasteiger partial charge in [0.1, 0.15) is 10.6 Å². The van der Waals surface area contributed by atoms with Crippen LogP contribution in [0.3, 0.4) is 0 Å². The standard InChI is InChI=1S/C23H15BO7S/c25-23(15-3-7-16(8-4-15)24(26)27)31-19-11-5-13-1-2-14-6-12-20(32(28,29)30)18-10-9-17(19)21(13)22(14)18/h1-12,26-27H,(H,28,29,30). The first-order valence-electron chi connectivity index (χ1n) is 9.60. The molecular weight excluding hydrogens is 431 g/mol. The fourth-order valence-electron chi connectivity index (χ4n) is 4.01. The molecule has 0 aromatic heterocycles. The second-order valence-corrected chi connectivity index (χ2v) is 8.80. The number of carbonyl (C=O) groups is 1. The summed E-state index contributed by atoms with van der Waals surface area (Å²) in [5, 5.41) is 22.4. The monoisotopic (exact) mass is 446 g/mol. The number of esters is 1. The second-order valence-electron chi connectivity index (χ2n) is 7.41. The van der Waals surface area contributed by atoms with E-state index in [1.54, 1.807) is 30.3 Å². The first-order valence-corrected chi connectivity index (χ1v) is 11.0. The molecular formula is C23H15BO7S. The van der Waals surface area contributed by atoms with Gasteiger partial charge in [0.15, 0.2) is 0 Å². The van der Waals surface area contributed by atoms with Crippen molar-refractivity contribution in [1.82, 2.24) is 0 Å². The van der Waals surface area contributed by atoms with Crippen LogP contribution in [0.15, 0.2) is 77.7 Å². The molecule has 0 aliphatic carbocycles. The van der Waals surface area contributed by atoms with Crippen molar-refractivity contribution < 1.29 is 32.5 Å². The zero-order valence-electron chi connectivity index (χ0n) is 16.4. The topological polar surface area (TPSA) is 121 Å². The van der Waals surface area contributed by atoms with Gasteiger partial charge in [-0.15, -0.1) is 0 Å². The lowest BCUT2D eigenvalue weighted by atomic mass is 9.80. The summed E-state index contributed by atoms with van der Waals surface area (Å²) in [6.07, 6.45) is 0. The fourth-order valence-corrected chi connectivity index (χ4v) is 4.70. The van der Waals surface area contributed by atoms with E-state index in [2.05, 4.69) is 0 Å². The van der Waals surface area contributed by atoms with Gasteiger partial charge in [-0.1, -0.05) is 42.5 Å².